The van der Waals surface area contributed by atoms with E-state index in [4.69, 9.17) is 0 Å². The Labute approximate surface area is 128 Å². The van der Waals surface area contributed by atoms with Gasteiger partial charge in [0.15, 0.2) is 0 Å². The number of hydrogen-bond acceptors (Lipinski definition) is 4. The second-order valence-corrected chi connectivity index (χ2v) is 4.78. The normalized spacial score (nSPS) is 9.91. The monoisotopic (exact) mass is 299 g/mol. The summed E-state index contributed by atoms with van der Waals surface area (Å²) in [5.74, 6) is -0.254. The molecule has 2 aromatic heterocycles. The molecule has 7 heteroatoms. The van der Waals surface area contributed by atoms with Crippen LogP contribution >= 0.6 is 0 Å². The molecule has 2 rings (SSSR count). The Morgan fingerprint density at radius 1 is 1.23 bits per heavy atom. The first kappa shape index (κ1) is 15.4. The SMILES string of the molecule is CN(C)C(=O)NCc1cc(C(=O)Nc2cccnc2)ccn1. The van der Waals surface area contributed by atoms with Crippen LogP contribution in [0.2, 0.25) is 0 Å². The molecule has 114 valence electrons. The van der Waals surface area contributed by atoms with E-state index in [9.17, 15) is 9.59 Å². The summed E-state index contributed by atoms with van der Waals surface area (Å²) in [5.41, 5.74) is 1.69. The smallest absolute Gasteiger partial charge is 0.317 e. The van der Waals surface area contributed by atoms with Crippen LogP contribution in [0.1, 0.15) is 16.1 Å². The molecule has 2 heterocycles. The van der Waals surface area contributed by atoms with Gasteiger partial charge >= 0.3 is 6.03 Å². The molecule has 3 amide bonds. The van der Waals surface area contributed by atoms with Crippen LogP contribution in [0.3, 0.4) is 0 Å². The maximum absolute atomic E-state index is 12.2. The van der Waals surface area contributed by atoms with Crippen LogP contribution in [0, 0.1) is 0 Å². The Kier molecular flexibility index (Phi) is 5.02. The van der Waals surface area contributed by atoms with Gasteiger partial charge in [0, 0.05) is 32.1 Å². The van der Waals surface area contributed by atoms with Gasteiger partial charge in [-0.1, -0.05) is 0 Å². The first-order valence-corrected chi connectivity index (χ1v) is 6.67. The summed E-state index contributed by atoms with van der Waals surface area (Å²) in [6.07, 6.45) is 4.74. The van der Waals surface area contributed by atoms with Gasteiger partial charge in [-0.15, -0.1) is 0 Å². The van der Waals surface area contributed by atoms with Crippen LogP contribution in [0.4, 0.5) is 10.5 Å². The molecule has 0 fully saturated rings. The van der Waals surface area contributed by atoms with E-state index in [1.807, 2.05) is 0 Å². The van der Waals surface area contributed by atoms with E-state index in [0.29, 0.717) is 16.9 Å². The van der Waals surface area contributed by atoms with E-state index in [2.05, 4.69) is 20.6 Å². The zero-order chi connectivity index (χ0) is 15.9. The highest BCUT2D eigenvalue weighted by Crippen LogP contribution is 2.08. The van der Waals surface area contributed by atoms with Crippen LogP contribution < -0.4 is 10.6 Å². The van der Waals surface area contributed by atoms with Crippen molar-refractivity contribution >= 4 is 17.6 Å². The van der Waals surface area contributed by atoms with Gasteiger partial charge in [0.05, 0.1) is 24.1 Å². The quantitative estimate of drug-likeness (QED) is 0.895. The fourth-order valence-electron chi connectivity index (χ4n) is 1.68. The molecule has 0 atom stereocenters. The predicted octanol–water partition coefficient (Wildman–Crippen LogP) is 1.50. The zero-order valence-corrected chi connectivity index (χ0v) is 12.4. The zero-order valence-electron chi connectivity index (χ0n) is 12.4. The van der Waals surface area contributed by atoms with E-state index in [1.54, 1.807) is 50.8 Å². The molecule has 0 aliphatic rings. The fraction of sp³-hybridized carbons (Fsp3) is 0.200. The van der Waals surface area contributed by atoms with Gasteiger partial charge in [-0.05, 0) is 24.3 Å². The number of rotatable bonds is 4. The number of nitrogens with one attached hydrogen (secondary N) is 2. The number of hydrogen-bond donors (Lipinski definition) is 2. The van der Waals surface area contributed by atoms with E-state index < -0.39 is 0 Å². The van der Waals surface area contributed by atoms with Crippen molar-refractivity contribution in [3.05, 3.63) is 54.1 Å². The van der Waals surface area contributed by atoms with Crippen molar-refractivity contribution in [1.82, 2.24) is 20.2 Å². The van der Waals surface area contributed by atoms with Crippen molar-refractivity contribution in [2.75, 3.05) is 19.4 Å². The van der Waals surface area contributed by atoms with Crippen molar-refractivity contribution in [2.45, 2.75) is 6.54 Å². The van der Waals surface area contributed by atoms with Crippen LogP contribution in [0.15, 0.2) is 42.9 Å². The average molecular weight is 299 g/mol. The standard InChI is InChI=1S/C15H17N5O2/c1-20(2)15(22)18-10-13-8-11(5-7-17-13)14(21)19-12-4-3-6-16-9-12/h3-9H,10H2,1-2H3,(H,18,22)(H,19,21). The van der Waals surface area contributed by atoms with Crippen molar-refractivity contribution in [1.29, 1.82) is 0 Å². The Bertz CT molecular complexity index is 658. The van der Waals surface area contributed by atoms with E-state index >= 15 is 0 Å². The third-order valence-corrected chi connectivity index (χ3v) is 2.83. The number of aromatic nitrogens is 2. The molecule has 22 heavy (non-hydrogen) atoms. The summed E-state index contributed by atoms with van der Waals surface area (Å²) in [4.78, 5) is 33.1. The lowest BCUT2D eigenvalue weighted by atomic mass is 10.2. The highest BCUT2D eigenvalue weighted by atomic mass is 16.2. The largest absolute Gasteiger partial charge is 0.332 e. The van der Waals surface area contributed by atoms with Crippen LogP contribution in [-0.2, 0) is 6.54 Å². The van der Waals surface area contributed by atoms with Crippen molar-refractivity contribution < 1.29 is 9.59 Å². The molecule has 7 nitrogen and oxygen atoms in total. The van der Waals surface area contributed by atoms with Crippen LogP contribution in [-0.4, -0.2) is 40.9 Å². The summed E-state index contributed by atoms with van der Waals surface area (Å²) in [5, 5.41) is 5.44. The Hall–Kier alpha value is -2.96. The topological polar surface area (TPSA) is 87.2 Å². The fourth-order valence-corrected chi connectivity index (χ4v) is 1.68. The Morgan fingerprint density at radius 3 is 2.73 bits per heavy atom. The van der Waals surface area contributed by atoms with Gasteiger partial charge in [0.2, 0.25) is 0 Å². The number of nitrogens with zero attached hydrogens (tertiary/aromatic N) is 3. The van der Waals surface area contributed by atoms with Crippen molar-refractivity contribution in [3.8, 4) is 0 Å². The molecule has 0 radical (unpaired) electrons. The second kappa shape index (κ2) is 7.16. The number of amides is 3. The summed E-state index contributed by atoms with van der Waals surface area (Å²) >= 11 is 0. The summed E-state index contributed by atoms with van der Waals surface area (Å²) in [6.45, 7) is 0.255. The molecule has 0 unspecified atom stereocenters. The van der Waals surface area contributed by atoms with Crippen LogP contribution in [0.25, 0.3) is 0 Å². The number of urea groups is 1. The highest BCUT2D eigenvalue weighted by molar-refractivity contribution is 6.04. The Balaban J connectivity index is 2.01. The minimum absolute atomic E-state index is 0.216. The molecule has 0 spiro atoms. The number of carbonyl (C=O) groups is 2. The molecular weight excluding hydrogens is 282 g/mol. The molecule has 0 bridgehead atoms. The van der Waals surface area contributed by atoms with E-state index in [1.165, 1.54) is 11.1 Å². The van der Waals surface area contributed by atoms with Gasteiger partial charge in [0.1, 0.15) is 0 Å². The van der Waals surface area contributed by atoms with Crippen molar-refractivity contribution in [2.24, 2.45) is 0 Å². The molecule has 2 aromatic rings. The molecular formula is C15H17N5O2. The van der Waals surface area contributed by atoms with Crippen molar-refractivity contribution in [3.63, 3.8) is 0 Å². The minimum Gasteiger partial charge on any atom is -0.332 e. The average Bonchev–Trinajstić information content (AvgIpc) is 2.53. The third kappa shape index (κ3) is 4.27. The molecule has 0 saturated carbocycles. The lowest BCUT2D eigenvalue weighted by Gasteiger charge is -2.12. The highest BCUT2D eigenvalue weighted by Gasteiger charge is 2.09. The molecule has 2 N–H and O–H groups in total. The van der Waals surface area contributed by atoms with Gasteiger partial charge in [0.25, 0.3) is 5.91 Å². The summed E-state index contributed by atoms with van der Waals surface area (Å²) < 4.78 is 0. The molecule has 0 aromatic carbocycles. The summed E-state index contributed by atoms with van der Waals surface area (Å²) in [6, 6.07) is 6.53. The maximum Gasteiger partial charge on any atom is 0.317 e. The first-order chi connectivity index (χ1) is 10.6. The predicted molar refractivity (Wildman–Crippen MR) is 82.3 cm³/mol. The lowest BCUT2D eigenvalue weighted by molar-refractivity contribution is 0.102. The van der Waals surface area contributed by atoms with Crippen LogP contribution in [0.5, 0.6) is 0 Å². The molecule has 0 saturated heterocycles. The van der Waals surface area contributed by atoms with E-state index in [-0.39, 0.29) is 18.5 Å². The number of carbonyl (C=O) groups excluding carboxylic acids is 2. The third-order valence-electron chi connectivity index (χ3n) is 2.83. The van der Waals surface area contributed by atoms with Gasteiger partial charge in [-0.3, -0.25) is 14.8 Å². The lowest BCUT2D eigenvalue weighted by Crippen LogP contribution is -2.34. The molecule has 0 aliphatic heterocycles. The number of pyridine rings is 2. The van der Waals surface area contributed by atoms with E-state index in [0.717, 1.165) is 0 Å². The van der Waals surface area contributed by atoms with Gasteiger partial charge in [-0.25, -0.2) is 4.79 Å². The van der Waals surface area contributed by atoms with Gasteiger partial charge < -0.3 is 15.5 Å². The minimum atomic E-state index is -0.254. The summed E-state index contributed by atoms with van der Waals surface area (Å²) in [7, 11) is 3.31. The number of anilines is 1. The van der Waals surface area contributed by atoms with Gasteiger partial charge in [-0.2, -0.15) is 0 Å². The maximum atomic E-state index is 12.2. The Morgan fingerprint density at radius 2 is 2.05 bits per heavy atom. The first-order valence-electron chi connectivity index (χ1n) is 6.67. The second-order valence-electron chi connectivity index (χ2n) is 4.78. The molecule has 0 aliphatic carbocycles.